The molecule has 0 aromatic heterocycles. The van der Waals surface area contributed by atoms with Gasteiger partial charge in [-0.25, -0.2) is 0 Å². The Morgan fingerprint density at radius 2 is 2.00 bits per heavy atom. The van der Waals surface area contributed by atoms with Gasteiger partial charge < -0.3 is 5.11 Å². The minimum atomic E-state index is 0.385. The van der Waals surface area contributed by atoms with E-state index in [4.69, 9.17) is 5.11 Å². The molecule has 1 N–H and O–H groups in total. The Balaban J connectivity index is 2.52. The van der Waals surface area contributed by atoms with Crippen molar-refractivity contribution in [1.82, 2.24) is 0 Å². The van der Waals surface area contributed by atoms with E-state index in [-0.39, 0.29) is 0 Å². The highest BCUT2D eigenvalue weighted by molar-refractivity contribution is 4.83. The van der Waals surface area contributed by atoms with Crippen molar-refractivity contribution in [1.29, 1.82) is 0 Å². The van der Waals surface area contributed by atoms with Gasteiger partial charge in [0.15, 0.2) is 0 Å². The summed E-state index contributed by atoms with van der Waals surface area (Å²) in [6, 6.07) is 0. The van der Waals surface area contributed by atoms with Crippen LogP contribution in [0.15, 0.2) is 0 Å². The number of hydrogen-bond acceptors (Lipinski definition) is 1. The molecule has 1 saturated carbocycles. The van der Waals surface area contributed by atoms with Crippen molar-refractivity contribution in [3.05, 3.63) is 0 Å². The van der Waals surface area contributed by atoms with E-state index < -0.39 is 0 Å². The second-order valence-corrected chi connectivity index (χ2v) is 4.72. The first kappa shape index (κ1) is 9.05. The van der Waals surface area contributed by atoms with Gasteiger partial charge >= 0.3 is 0 Å². The van der Waals surface area contributed by atoms with Crippen LogP contribution in [-0.2, 0) is 0 Å². The van der Waals surface area contributed by atoms with Crippen LogP contribution in [0.25, 0.3) is 0 Å². The number of aliphatic hydroxyl groups is 1. The molecular formula is C10H20O. The summed E-state index contributed by atoms with van der Waals surface area (Å²) in [4.78, 5) is 0. The number of rotatable bonds is 1. The van der Waals surface area contributed by atoms with Crippen molar-refractivity contribution in [3.63, 3.8) is 0 Å². The normalized spacial score (nSPS) is 37.1. The van der Waals surface area contributed by atoms with Gasteiger partial charge in [-0.1, -0.05) is 20.8 Å². The summed E-state index contributed by atoms with van der Waals surface area (Å²) in [5.41, 5.74) is 0.450. The molecule has 1 fully saturated rings. The van der Waals surface area contributed by atoms with Crippen molar-refractivity contribution in [3.8, 4) is 0 Å². The Kier molecular flexibility index (Phi) is 2.58. The Labute approximate surface area is 69.8 Å². The van der Waals surface area contributed by atoms with Crippen LogP contribution in [0.3, 0.4) is 0 Å². The molecule has 0 bridgehead atoms. The van der Waals surface area contributed by atoms with Gasteiger partial charge in [-0.05, 0) is 36.5 Å². The molecule has 66 valence electrons. The minimum Gasteiger partial charge on any atom is -0.396 e. The summed E-state index contributed by atoms with van der Waals surface area (Å²) < 4.78 is 0. The summed E-state index contributed by atoms with van der Waals surface area (Å²) in [6.07, 6.45) is 3.71. The van der Waals surface area contributed by atoms with E-state index in [0.717, 1.165) is 5.92 Å². The van der Waals surface area contributed by atoms with Crippen molar-refractivity contribution in [2.24, 2.45) is 17.3 Å². The lowest BCUT2D eigenvalue weighted by atomic mass is 9.66. The third kappa shape index (κ3) is 1.96. The molecule has 0 heterocycles. The first-order chi connectivity index (χ1) is 5.06. The monoisotopic (exact) mass is 156 g/mol. The second-order valence-electron chi connectivity index (χ2n) is 4.72. The van der Waals surface area contributed by atoms with Crippen LogP contribution in [0.4, 0.5) is 0 Å². The molecule has 1 aliphatic carbocycles. The lowest BCUT2D eigenvalue weighted by Gasteiger charge is -2.40. The highest BCUT2D eigenvalue weighted by Gasteiger charge is 2.33. The maximum atomic E-state index is 9.01. The highest BCUT2D eigenvalue weighted by atomic mass is 16.3. The Hall–Kier alpha value is -0.0400. The van der Waals surface area contributed by atoms with E-state index in [1.807, 2.05) is 0 Å². The molecular weight excluding hydrogens is 136 g/mol. The van der Waals surface area contributed by atoms with Gasteiger partial charge in [-0.15, -0.1) is 0 Å². The fourth-order valence-corrected chi connectivity index (χ4v) is 2.08. The molecule has 2 unspecified atom stereocenters. The first-order valence-electron chi connectivity index (χ1n) is 4.67. The third-order valence-corrected chi connectivity index (χ3v) is 3.41. The van der Waals surface area contributed by atoms with Crippen molar-refractivity contribution >= 4 is 0 Å². The van der Waals surface area contributed by atoms with E-state index in [1.165, 1.54) is 19.3 Å². The number of aliphatic hydroxyl groups excluding tert-OH is 1. The maximum Gasteiger partial charge on any atom is 0.0459 e. The topological polar surface area (TPSA) is 20.2 Å². The summed E-state index contributed by atoms with van der Waals surface area (Å²) in [5.74, 6) is 1.39. The van der Waals surface area contributed by atoms with Crippen LogP contribution in [0, 0.1) is 17.3 Å². The van der Waals surface area contributed by atoms with E-state index in [9.17, 15) is 0 Å². The Morgan fingerprint density at radius 1 is 1.36 bits per heavy atom. The predicted molar refractivity (Wildman–Crippen MR) is 47.4 cm³/mol. The van der Waals surface area contributed by atoms with Crippen molar-refractivity contribution in [2.45, 2.75) is 40.0 Å². The van der Waals surface area contributed by atoms with E-state index in [2.05, 4.69) is 20.8 Å². The smallest absolute Gasteiger partial charge is 0.0459 e. The molecule has 1 nitrogen and oxygen atoms in total. The largest absolute Gasteiger partial charge is 0.396 e. The van der Waals surface area contributed by atoms with Crippen LogP contribution in [0.2, 0.25) is 0 Å². The molecule has 0 aliphatic heterocycles. The fourth-order valence-electron chi connectivity index (χ4n) is 2.08. The molecule has 0 amide bonds. The molecule has 1 aliphatic rings. The van der Waals surface area contributed by atoms with Crippen LogP contribution >= 0.6 is 0 Å². The molecule has 11 heavy (non-hydrogen) atoms. The van der Waals surface area contributed by atoms with Crippen LogP contribution < -0.4 is 0 Å². The molecule has 0 radical (unpaired) electrons. The maximum absolute atomic E-state index is 9.01. The fraction of sp³-hybridized carbons (Fsp3) is 1.00. The molecule has 0 spiro atoms. The standard InChI is InChI=1S/C10H20O/c1-8-4-5-9(7-11)6-10(8,2)3/h8-9,11H,4-7H2,1-3H3. The average Bonchev–Trinajstić information content (AvgIpc) is 1.95. The summed E-state index contributed by atoms with van der Waals surface area (Å²) >= 11 is 0. The predicted octanol–water partition coefficient (Wildman–Crippen LogP) is 2.44. The van der Waals surface area contributed by atoms with Gasteiger partial charge in [0.1, 0.15) is 0 Å². The van der Waals surface area contributed by atoms with Gasteiger partial charge in [0.2, 0.25) is 0 Å². The molecule has 1 heteroatoms. The quantitative estimate of drug-likeness (QED) is 0.618. The Morgan fingerprint density at radius 3 is 2.45 bits per heavy atom. The molecule has 2 atom stereocenters. The molecule has 0 saturated heterocycles. The molecule has 1 rings (SSSR count). The van der Waals surface area contributed by atoms with Crippen LogP contribution in [0.1, 0.15) is 40.0 Å². The lowest BCUT2D eigenvalue weighted by molar-refractivity contribution is 0.0724. The van der Waals surface area contributed by atoms with E-state index in [1.54, 1.807) is 0 Å². The van der Waals surface area contributed by atoms with Crippen molar-refractivity contribution in [2.75, 3.05) is 6.61 Å². The van der Waals surface area contributed by atoms with Gasteiger partial charge in [0, 0.05) is 6.61 Å². The van der Waals surface area contributed by atoms with Crippen LogP contribution in [0.5, 0.6) is 0 Å². The van der Waals surface area contributed by atoms with E-state index >= 15 is 0 Å². The zero-order chi connectivity index (χ0) is 8.48. The second kappa shape index (κ2) is 3.14. The molecule has 0 aromatic carbocycles. The summed E-state index contributed by atoms with van der Waals surface area (Å²) in [5, 5.41) is 9.01. The van der Waals surface area contributed by atoms with E-state index in [0.29, 0.717) is 17.9 Å². The SMILES string of the molecule is CC1CCC(CO)CC1(C)C. The van der Waals surface area contributed by atoms with Gasteiger partial charge in [-0.3, -0.25) is 0 Å². The zero-order valence-corrected chi connectivity index (χ0v) is 7.93. The molecule has 0 aromatic rings. The summed E-state index contributed by atoms with van der Waals surface area (Å²) in [6.45, 7) is 7.35. The van der Waals surface area contributed by atoms with Gasteiger partial charge in [0.25, 0.3) is 0 Å². The van der Waals surface area contributed by atoms with Crippen molar-refractivity contribution < 1.29 is 5.11 Å². The first-order valence-corrected chi connectivity index (χ1v) is 4.67. The van der Waals surface area contributed by atoms with Gasteiger partial charge in [0.05, 0.1) is 0 Å². The average molecular weight is 156 g/mol. The Bertz CT molecular complexity index is 129. The lowest BCUT2D eigenvalue weighted by Crippen LogP contribution is -2.31. The van der Waals surface area contributed by atoms with Gasteiger partial charge in [-0.2, -0.15) is 0 Å². The zero-order valence-electron chi connectivity index (χ0n) is 7.93. The minimum absolute atomic E-state index is 0.385. The number of hydrogen-bond donors (Lipinski definition) is 1. The van der Waals surface area contributed by atoms with Crippen LogP contribution in [-0.4, -0.2) is 11.7 Å². The third-order valence-electron chi connectivity index (χ3n) is 3.41. The summed E-state index contributed by atoms with van der Waals surface area (Å²) in [7, 11) is 0. The highest BCUT2D eigenvalue weighted by Crippen LogP contribution is 2.42.